The number of nitrogens with one attached hydrogen (secondary N) is 1. The van der Waals surface area contributed by atoms with E-state index in [1.54, 1.807) is 0 Å². The number of rotatable bonds is 3. The van der Waals surface area contributed by atoms with Crippen LogP contribution in [0.1, 0.15) is 29.5 Å². The third-order valence-electron chi connectivity index (χ3n) is 3.34. The monoisotopic (exact) mass is 253 g/mol. The Morgan fingerprint density at radius 2 is 1.74 bits per heavy atom. The summed E-state index contributed by atoms with van der Waals surface area (Å²) in [5, 5.41) is 3.01. The van der Waals surface area contributed by atoms with E-state index in [9.17, 15) is 4.79 Å². The highest BCUT2D eigenvalue weighted by Gasteiger charge is 2.15. The summed E-state index contributed by atoms with van der Waals surface area (Å²) in [4.78, 5) is 12.3. The van der Waals surface area contributed by atoms with Crippen molar-refractivity contribution in [3.8, 4) is 0 Å². The maximum absolute atomic E-state index is 12.3. The third kappa shape index (κ3) is 3.22. The molecule has 0 saturated carbocycles. The first-order valence-electron chi connectivity index (χ1n) is 6.51. The normalized spacial score (nSPS) is 11.9. The van der Waals surface area contributed by atoms with E-state index in [0.29, 0.717) is 0 Å². The molecule has 2 aromatic rings. The van der Waals surface area contributed by atoms with Gasteiger partial charge in [0.15, 0.2) is 0 Å². The van der Waals surface area contributed by atoms with E-state index in [0.717, 1.165) is 22.4 Å². The van der Waals surface area contributed by atoms with Crippen molar-refractivity contribution in [2.24, 2.45) is 0 Å². The molecule has 2 heteroatoms. The number of amides is 1. The fourth-order valence-corrected chi connectivity index (χ4v) is 2.00. The first kappa shape index (κ1) is 13.3. The molecule has 2 rings (SSSR count). The van der Waals surface area contributed by atoms with Crippen molar-refractivity contribution in [2.45, 2.75) is 26.7 Å². The molecule has 0 heterocycles. The van der Waals surface area contributed by atoms with Gasteiger partial charge in [0.2, 0.25) is 5.91 Å². The molecular formula is C17H19NO. The first-order valence-corrected chi connectivity index (χ1v) is 6.51. The second kappa shape index (κ2) is 5.70. The minimum Gasteiger partial charge on any atom is -0.325 e. The topological polar surface area (TPSA) is 29.1 Å². The number of carbonyl (C=O) groups is 1. The highest BCUT2D eigenvalue weighted by molar-refractivity contribution is 5.96. The van der Waals surface area contributed by atoms with Crippen LogP contribution in [0.2, 0.25) is 0 Å². The van der Waals surface area contributed by atoms with Gasteiger partial charge in [-0.15, -0.1) is 0 Å². The fraction of sp³-hybridized carbons (Fsp3) is 0.235. The third-order valence-corrected chi connectivity index (χ3v) is 3.34. The Hall–Kier alpha value is -2.09. The fourth-order valence-electron chi connectivity index (χ4n) is 2.00. The standard InChI is InChI=1S/C17H19NO/c1-12-9-10-13(2)16(11-12)18-17(19)14(3)15-7-5-4-6-8-15/h4-11,14H,1-3H3,(H,18,19)/t14-/m0/s1. The minimum atomic E-state index is -0.152. The Morgan fingerprint density at radius 1 is 1.05 bits per heavy atom. The molecular weight excluding hydrogens is 234 g/mol. The molecule has 0 spiro atoms. The summed E-state index contributed by atoms with van der Waals surface area (Å²) < 4.78 is 0. The highest BCUT2D eigenvalue weighted by Crippen LogP contribution is 2.20. The Bertz CT molecular complexity index is 575. The lowest BCUT2D eigenvalue weighted by Gasteiger charge is -2.14. The predicted molar refractivity (Wildman–Crippen MR) is 79.4 cm³/mol. The molecule has 0 radical (unpaired) electrons. The van der Waals surface area contributed by atoms with Gasteiger partial charge in [0.25, 0.3) is 0 Å². The number of hydrogen-bond acceptors (Lipinski definition) is 1. The molecule has 0 aliphatic rings. The Morgan fingerprint density at radius 3 is 2.42 bits per heavy atom. The zero-order valence-corrected chi connectivity index (χ0v) is 11.6. The van der Waals surface area contributed by atoms with Crippen LogP contribution in [0.4, 0.5) is 5.69 Å². The van der Waals surface area contributed by atoms with Gasteiger partial charge in [-0.1, -0.05) is 42.5 Å². The molecule has 0 saturated heterocycles. The predicted octanol–water partition coefficient (Wildman–Crippen LogP) is 4.05. The quantitative estimate of drug-likeness (QED) is 0.878. The van der Waals surface area contributed by atoms with Crippen LogP contribution in [0.15, 0.2) is 48.5 Å². The van der Waals surface area contributed by atoms with E-state index < -0.39 is 0 Å². The average Bonchev–Trinajstić information content (AvgIpc) is 2.43. The van der Waals surface area contributed by atoms with Crippen LogP contribution in [0.5, 0.6) is 0 Å². The molecule has 1 atom stereocenters. The zero-order chi connectivity index (χ0) is 13.8. The summed E-state index contributed by atoms with van der Waals surface area (Å²) in [6, 6.07) is 15.9. The molecule has 0 fully saturated rings. The van der Waals surface area contributed by atoms with E-state index in [1.807, 2.05) is 69.3 Å². The van der Waals surface area contributed by atoms with Crippen LogP contribution in [0, 0.1) is 13.8 Å². The summed E-state index contributed by atoms with van der Waals surface area (Å²) in [6.07, 6.45) is 0. The van der Waals surface area contributed by atoms with E-state index in [4.69, 9.17) is 0 Å². The van der Waals surface area contributed by atoms with E-state index in [1.165, 1.54) is 0 Å². The largest absolute Gasteiger partial charge is 0.325 e. The Kier molecular flexibility index (Phi) is 4.00. The van der Waals surface area contributed by atoms with Crippen molar-refractivity contribution in [3.05, 3.63) is 65.2 Å². The van der Waals surface area contributed by atoms with Crippen LogP contribution in [-0.4, -0.2) is 5.91 Å². The summed E-state index contributed by atoms with van der Waals surface area (Å²) in [5.41, 5.74) is 4.16. The lowest BCUT2D eigenvalue weighted by molar-refractivity contribution is -0.117. The highest BCUT2D eigenvalue weighted by atomic mass is 16.1. The van der Waals surface area contributed by atoms with Gasteiger partial charge in [0.1, 0.15) is 0 Å². The van der Waals surface area contributed by atoms with Crippen LogP contribution in [-0.2, 0) is 4.79 Å². The molecule has 0 aromatic heterocycles. The van der Waals surface area contributed by atoms with E-state index in [-0.39, 0.29) is 11.8 Å². The van der Waals surface area contributed by atoms with Crippen LogP contribution >= 0.6 is 0 Å². The lowest BCUT2D eigenvalue weighted by atomic mass is 10.00. The van der Waals surface area contributed by atoms with Crippen LogP contribution in [0.25, 0.3) is 0 Å². The van der Waals surface area contributed by atoms with E-state index in [2.05, 4.69) is 5.32 Å². The number of anilines is 1. The van der Waals surface area contributed by atoms with E-state index >= 15 is 0 Å². The molecule has 0 bridgehead atoms. The Labute approximate surface area is 114 Å². The zero-order valence-electron chi connectivity index (χ0n) is 11.6. The molecule has 19 heavy (non-hydrogen) atoms. The second-order valence-electron chi connectivity index (χ2n) is 4.94. The second-order valence-corrected chi connectivity index (χ2v) is 4.94. The molecule has 2 nitrogen and oxygen atoms in total. The van der Waals surface area contributed by atoms with Crippen LogP contribution in [0.3, 0.4) is 0 Å². The van der Waals surface area contributed by atoms with Crippen molar-refractivity contribution < 1.29 is 4.79 Å². The summed E-state index contributed by atoms with van der Waals surface area (Å²) in [5.74, 6) is -0.124. The molecule has 2 aromatic carbocycles. The minimum absolute atomic E-state index is 0.0277. The maximum Gasteiger partial charge on any atom is 0.231 e. The molecule has 0 aliphatic carbocycles. The van der Waals surface area contributed by atoms with Gasteiger partial charge in [-0.05, 0) is 43.5 Å². The molecule has 1 N–H and O–H groups in total. The van der Waals surface area contributed by atoms with Gasteiger partial charge in [-0.2, -0.15) is 0 Å². The Balaban J connectivity index is 2.15. The molecule has 98 valence electrons. The lowest BCUT2D eigenvalue weighted by Crippen LogP contribution is -2.19. The maximum atomic E-state index is 12.3. The van der Waals surface area contributed by atoms with Gasteiger partial charge in [-0.25, -0.2) is 0 Å². The van der Waals surface area contributed by atoms with Gasteiger partial charge in [0.05, 0.1) is 5.92 Å². The summed E-state index contributed by atoms with van der Waals surface area (Å²) >= 11 is 0. The number of aryl methyl sites for hydroxylation is 2. The van der Waals surface area contributed by atoms with Crippen molar-refractivity contribution in [1.82, 2.24) is 0 Å². The molecule has 0 aliphatic heterocycles. The molecule has 0 unspecified atom stereocenters. The molecule has 1 amide bonds. The first-order chi connectivity index (χ1) is 9.08. The smallest absolute Gasteiger partial charge is 0.231 e. The SMILES string of the molecule is Cc1ccc(C)c(NC(=O)[C@@H](C)c2ccccc2)c1. The van der Waals surface area contributed by atoms with Gasteiger partial charge >= 0.3 is 0 Å². The van der Waals surface area contributed by atoms with Crippen molar-refractivity contribution in [2.75, 3.05) is 5.32 Å². The van der Waals surface area contributed by atoms with Crippen LogP contribution < -0.4 is 5.32 Å². The summed E-state index contributed by atoms with van der Waals surface area (Å²) in [6.45, 7) is 5.95. The van der Waals surface area contributed by atoms with Gasteiger partial charge < -0.3 is 5.32 Å². The van der Waals surface area contributed by atoms with Crippen molar-refractivity contribution in [3.63, 3.8) is 0 Å². The van der Waals surface area contributed by atoms with Gasteiger partial charge in [0, 0.05) is 5.69 Å². The van der Waals surface area contributed by atoms with Crippen molar-refractivity contribution in [1.29, 1.82) is 0 Å². The number of hydrogen-bond donors (Lipinski definition) is 1. The average molecular weight is 253 g/mol. The summed E-state index contributed by atoms with van der Waals surface area (Å²) in [7, 11) is 0. The van der Waals surface area contributed by atoms with Crippen molar-refractivity contribution >= 4 is 11.6 Å². The number of carbonyl (C=O) groups excluding carboxylic acids is 1. The number of benzene rings is 2. The van der Waals surface area contributed by atoms with Gasteiger partial charge in [-0.3, -0.25) is 4.79 Å².